The molecule has 1 aromatic heterocycles. The molecule has 2 aromatic rings. The van der Waals surface area contributed by atoms with Crippen molar-refractivity contribution >= 4 is 5.97 Å². The Labute approximate surface area is 148 Å². The molecule has 0 amide bonds. The minimum atomic E-state index is -0.516. The van der Waals surface area contributed by atoms with Crippen LogP contribution in [0, 0.1) is 6.92 Å². The summed E-state index contributed by atoms with van der Waals surface area (Å²) in [6.07, 6.45) is 1.16. The number of rotatable bonds is 8. The average Bonchev–Trinajstić information content (AvgIpc) is 2.64. The predicted octanol–water partition coefficient (Wildman–Crippen LogP) is 3.92. The maximum atomic E-state index is 12.2. The first kappa shape index (κ1) is 18.9. The molecule has 0 bridgehead atoms. The Bertz CT molecular complexity index is 752. The van der Waals surface area contributed by atoms with Gasteiger partial charge in [-0.15, -0.1) is 0 Å². The number of hydrogen-bond donors (Lipinski definition) is 1. The molecule has 0 spiro atoms. The van der Waals surface area contributed by atoms with Gasteiger partial charge in [-0.2, -0.15) is 0 Å². The Hall–Kier alpha value is -2.40. The summed E-state index contributed by atoms with van der Waals surface area (Å²) in [6, 6.07) is 11.5. The van der Waals surface area contributed by atoms with Crippen LogP contribution in [0.2, 0.25) is 0 Å². The predicted molar refractivity (Wildman–Crippen MR) is 96.6 cm³/mol. The lowest BCUT2D eigenvalue weighted by Gasteiger charge is -2.19. The Morgan fingerprint density at radius 1 is 1.20 bits per heavy atom. The second-order valence-electron chi connectivity index (χ2n) is 5.92. The highest BCUT2D eigenvalue weighted by molar-refractivity contribution is 5.87. The smallest absolute Gasteiger partial charge is 0.354 e. The molecule has 2 rings (SSSR count). The summed E-state index contributed by atoms with van der Waals surface area (Å²) >= 11 is 0. The molecule has 0 aliphatic heterocycles. The summed E-state index contributed by atoms with van der Waals surface area (Å²) < 4.78 is 11.1. The van der Waals surface area contributed by atoms with Gasteiger partial charge in [0.2, 0.25) is 0 Å². The normalized spacial score (nSPS) is 12.0. The van der Waals surface area contributed by atoms with Crippen LogP contribution >= 0.6 is 0 Å². The molecule has 0 saturated heterocycles. The van der Waals surface area contributed by atoms with Crippen molar-refractivity contribution in [1.82, 2.24) is 4.98 Å². The average molecular weight is 343 g/mol. The van der Waals surface area contributed by atoms with Crippen LogP contribution in [0.15, 0.2) is 41.2 Å². The Morgan fingerprint density at radius 2 is 1.92 bits per heavy atom. The molecule has 0 radical (unpaired) electrons. The number of esters is 1. The number of hydrogen-bond acceptors (Lipinski definition) is 4. The molecule has 0 aliphatic carbocycles. The van der Waals surface area contributed by atoms with Crippen molar-refractivity contribution in [2.45, 2.75) is 46.3 Å². The fourth-order valence-electron chi connectivity index (χ4n) is 2.56. The molecule has 1 aromatic carbocycles. The molecule has 0 aliphatic rings. The van der Waals surface area contributed by atoms with Crippen LogP contribution in [-0.2, 0) is 16.1 Å². The van der Waals surface area contributed by atoms with E-state index in [1.807, 2.05) is 44.2 Å². The third kappa shape index (κ3) is 5.03. The van der Waals surface area contributed by atoms with Crippen molar-refractivity contribution in [1.29, 1.82) is 0 Å². The van der Waals surface area contributed by atoms with Gasteiger partial charge in [0.1, 0.15) is 5.69 Å². The van der Waals surface area contributed by atoms with Gasteiger partial charge in [-0.25, -0.2) is 4.79 Å². The standard InChI is InChI=1S/C20H25NO4/c1-4-11-24-20(23)17-12-16(14(3)19(22)21-17)18(5-2)25-13-15-9-7-6-8-10-15/h6-10,12,18H,4-5,11,13H2,1-3H3,(H,21,22). The molecule has 25 heavy (non-hydrogen) atoms. The SMILES string of the molecule is CCCOC(=O)c1cc(C(CC)OCc2ccccc2)c(C)c(=O)[nH]1. The molecular weight excluding hydrogens is 318 g/mol. The van der Waals surface area contributed by atoms with Gasteiger partial charge in [-0.1, -0.05) is 44.2 Å². The van der Waals surface area contributed by atoms with E-state index in [9.17, 15) is 9.59 Å². The summed E-state index contributed by atoms with van der Waals surface area (Å²) in [6.45, 7) is 6.42. The van der Waals surface area contributed by atoms with Crippen LogP contribution in [-0.4, -0.2) is 17.6 Å². The van der Waals surface area contributed by atoms with Gasteiger partial charge in [-0.05, 0) is 37.0 Å². The van der Waals surface area contributed by atoms with Crippen LogP contribution in [0.5, 0.6) is 0 Å². The Kier molecular flexibility index (Phi) is 6.95. The number of nitrogens with one attached hydrogen (secondary N) is 1. The van der Waals surface area contributed by atoms with E-state index in [1.165, 1.54) is 0 Å². The lowest BCUT2D eigenvalue weighted by molar-refractivity contribution is 0.0362. The summed E-state index contributed by atoms with van der Waals surface area (Å²) in [7, 11) is 0. The zero-order chi connectivity index (χ0) is 18.2. The molecule has 1 unspecified atom stereocenters. The van der Waals surface area contributed by atoms with Crippen LogP contribution in [0.1, 0.15) is 60.0 Å². The number of carbonyl (C=O) groups excluding carboxylic acids is 1. The number of pyridine rings is 1. The molecule has 0 fully saturated rings. The zero-order valence-corrected chi connectivity index (χ0v) is 15.0. The van der Waals surface area contributed by atoms with Gasteiger partial charge in [0.15, 0.2) is 0 Å². The number of H-pyrrole nitrogens is 1. The maximum Gasteiger partial charge on any atom is 0.354 e. The number of aromatic amines is 1. The maximum absolute atomic E-state index is 12.2. The van der Waals surface area contributed by atoms with E-state index in [2.05, 4.69) is 4.98 Å². The number of benzene rings is 1. The lowest BCUT2D eigenvalue weighted by Crippen LogP contribution is -2.21. The molecule has 0 saturated carbocycles. The quantitative estimate of drug-likeness (QED) is 0.738. The molecule has 5 nitrogen and oxygen atoms in total. The third-order valence-corrected chi connectivity index (χ3v) is 3.99. The third-order valence-electron chi connectivity index (χ3n) is 3.99. The van der Waals surface area contributed by atoms with E-state index in [-0.39, 0.29) is 17.4 Å². The van der Waals surface area contributed by atoms with Crippen LogP contribution < -0.4 is 5.56 Å². The molecular formula is C20H25NO4. The second kappa shape index (κ2) is 9.18. The highest BCUT2D eigenvalue weighted by atomic mass is 16.5. The molecule has 1 N–H and O–H groups in total. The Morgan fingerprint density at radius 3 is 2.56 bits per heavy atom. The van der Waals surface area contributed by atoms with Gasteiger partial charge >= 0.3 is 5.97 Å². The minimum absolute atomic E-state index is 0.167. The first-order chi connectivity index (χ1) is 12.1. The van der Waals surface area contributed by atoms with Crippen molar-refractivity contribution in [2.24, 2.45) is 0 Å². The van der Waals surface area contributed by atoms with E-state index in [4.69, 9.17) is 9.47 Å². The molecule has 1 heterocycles. The summed E-state index contributed by atoms with van der Waals surface area (Å²) in [4.78, 5) is 26.9. The number of ether oxygens (including phenoxy) is 2. The van der Waals surface area contributed by atoms with E-state index in [1.54, 1.807) is 13.0 Å². The Balaban J connectivity index is 2.23. The van der Waals surface area contributed by atoms with Crippen molar-refractivity contribution in [2.75, 3.05) is 6.61 Å². The molecule has 134 valence electrons. The van der Waals surface area contributed by atoms with Gasteiger partial charge in [0.05, 0.1) is 19.3 Å². The van der Waals surface area contributed by atoms with Crippen molar-refractivity contribution < 1.29 is 14.3 Å². The van der Waals surface area contributed by atoms with Gasteiger partial charge in [-0.3, -0.25) is 4.79 Å². The van der Waals surface area contributed by atoms with Crippen molar-refractivity contribution in [3.63, 3.8) is 0 Å². The van der Waals surface area contributed by atoms with E-state index in [0.717, 1.165) is 17.5 Å². The highest BCUT2D eigenvalue weighted by Gasteiger charge is 2.19. The summed E-state index contributed by atoms with van der Waals surface area (Å²) in [5, 5.41) is 0. The van der Waals surface area contributed by atoms with Gasteiger partial charge in [0.25, 0.3) is 5.56 Å². The zero-order valence-electron chi connectivity index (χ0n) is 15.0. The number of aromatic nitrogens is 1. The fraction of sp³-hybridized carbons (Fsp3) is 0.400. The first-order valence-electron chi connectivity index (χ1n) is 8.63. The highest BCUT2D eigenvalue weighted by Crippen LogP contribution is 2.24. The van der Waals surface area contributed by atoms with Crippen LogP contribution in [0.25, 0.3) is 0 Å². The van der Waals surface area contributed by atoms with Crippen molar-refractivity contribution in [3.05, 3.63) is 69.1 Å². The van der Waals surface area contributed by atoms with Crippen LogP contribution in [0.4, 0.5) is 0 Å². The largest absolute Gasteiger partial charge is 0.461 e. The number of carbonyl (C=O) groups is 1. The monoisotopic (exact) mass is 343 g/mol. The topological polar surface area (TPSA) is 68.4 Å². The molecule has 1 atom stereocenters. The minimum Gasteiger partial charge on any atom is -0.461 e. The fourth-order valence-corrected chi connectivity index (χ4v) is 2.56. The summed E-state index contributed by atoms with van der Waals surface area (Å²) in [5.74, 6) is -0.516. The molecule has 5 heteroatoms. The summed E-state index contributed by atoms with van der Waals surface area (Å²) in [5.41, 5.74) is 2.23. The van der Waals surface area contributed by atoms with Crippen LogP contribution in [0.3, 0.4) is 0 Å². The van der Waals surface area contributed by atoms with Gasteiger partial charge in [0, 0.05) is 5.56 Å². The van der Waals surface area contributed by atoms with E-state index < -0.39 is 5.97 Å². The van der Waals surface area contributed by atoms with Gasteiger partial charge < -0.3 is 14.5 Å². The first-order valence-corrected chi connectivity index (χ1v) is 8.63. The lowest BCUT2D eigenvalue weighted by atomic mass is 10.0. The van der Waals surface area contributed by atoms with E-state index >= 15 is 0 Å². The van der Waals surface area contributed by atoms with E-state index in [0.29, 0.717) is 25.2 Å². The second-order valence-corrected chi connectivity index (χ2v) is 5.92. The van der Waals surface area contributed by atoms with Crippen molar-refractivity contribution in [3.8, 4) is 0 Å².